The highest BCUT2D eigenvalue weighted by Crippen LogP contribution is 2.38. The molecule has 5 heteroatoms. The number of amides is 1. The van der Waals surface area contributed by atoms with Crippen molar-refractivity contribution in [3.63, 3.8) is 0 Å². The number of carbonyl (C=O) groups excluding carboxylic acids is 1. The van der Waals surface area contributed by atoms with Gasteiger partial charge < -0.3 is 14.4 Å². The number of rotatable bonds is 3. The summed E-state index contributed by atoms with van der Waals surface area (Å²) in [6, 6.07) is 6.15. The first kappa shape index (κ1) is 21.9. The van der Waals surface area contributed by atoms with Crippen LogP contribution >= 0.6 is 0 Å². The zero-order valence-corrected chi connectivity index (χ0v) is 16.6. The van der Waals surface area contributed by atoms with Crippen LogP contribution in [0, 0.1) is 11.7 Å². The van der Waals surface area contributed by atoms with E-state index in [9.17, 15) is 9.18 Å². The summed E-state index contributed by atoms with van der Waals surface area (Å²) in [5.41, 5.74) is 1.50. The van der Waals surface area contributed by atoms with Crippen molar-refractivity contribution in [2.45, 2.75) is 47.4 Å². The molecule has 2 aliphatic heterocycles. The number of hydrogen-bond donors (Lipinski definition) is 0. The molecular weight excluding hydrogens is 333 g/mol. The Labute approximate surface area is 156 Å². The highest BCUT2D eigenvalue weighted by Gasteiger charge is 2.47. The molecule has 2 atom stereocenters. The molecule has 1 aromatic rings. The molecule has 1 aromatic carbocycles. The Morgan fingerprint density at radius 1 is 1.23 bits per heavy atom. The van der Waals surface area contributed by atoms with Crippen LogP contribution in [0.1, 0.15) is 40.2 Å². The first-order valence-corrected chi connectivity index (χ1v) is 9.02. The first-order chi connectivity index (χ1) is 12.5. The average Bonchev–Trinajstić information content (AvgIpc) is 2.65. The molecule has 26 heavy (non-hydrogen) atoms. The SMILES string of the molecule is C/C=C\C.CC.COC1=C(C)C(=O)N(Cc2ccc(F)cc2)C2OCC12. The molecule has 1 saturated heterocycles. The van der Waals surface area contributed by atoms with Crippen LogP contribution in [0.2, 0.25) is 0 Å². The maximum atomic E-state index is 12.9. The summed E-state index contributed by atoms with van der Waals surface area (Å²) in [4.78, 5) is 14.1. The van der Waals surface area contributed by atoms with E-state index >= 15 is 0 Å². The third-order valence-corrected chi connectivity index (χ3v) is 4.21. The Morgan fingerprint density at radius 2 is 1.81 bits per heavy atom. The highest BCUT2D eigenvalue weighted by atomic mass is 19.1. The smallest absolute Gasteiger partial charge is 0.255 e. The van der Waals surface area contributed by atoms with Crippen molar-refractivity contribution in [3.8, 4) is 0 Å². The number of halogens is 1. The van der Waals surface area contributed by atoms with Gasteiger partial charge in [0.1, 0.15) is 17.8 Å². The average molecular weight is 363 g/mol. The lowest BCUT2D eigenvalue weighted by Gasteiger charge is -2.47. The molecule has 1 fully saturated rings. The van der Waals surface area contributed by atoms with Gasteiger partial charge in [0.15, 0.2) is 0 Å². The fourth-order valence-corrected chi connectivity index (χ4v) is 2.76. The number of benzene rings is 1. The number of ether oxygens (including phenoxy) is 2. The summed E-state index contributed by atoms with van der Waals surface area (Å²) in [6.45, 7) is 10.8. The lowest BCUT2D eigenvalue weighted by molar-refractivity contribution is -0.205. The molecule has 0 bridgehead atoms. The third-order valence-electron chi connectivity index (χ3n) is 4.21. The Kier molecular flexibility index (Phi) is 9.07. The van der Waals surface area contributed by atoms with Gasteiger partial charge in [-0.05, 0) is 38.5 Å². The molecule has 0 spiro atoms. The molecule has 0 saturated carbocycles. The number of hydrogen-bond acceptors (Lipinski definition) is 3. The third kappa shape index (κ3) is 4.94. The second kappa shape index (κ2) is 10.8. The van der Waals surface area contributed by atoms with Crippen molar-refractivity contribution in [2.24, 2.45) is 5.92 Å². The minimum atomic E-state index is -0.283. The minimum Gasteiger partial charge on any atom is -0.500 e. The van der Waals surface area contributed by atoms with Gasteiger partial charge in [0, 0.05) is 6.54 Å². The number of methoxy groups -OCH3 is 1. The monoisotopic (exact) mass is 363 g/mol. The fraction of sp³-hybridized carbons (Fsp3) is 0.476. The molecule has 0 aliphatic carbocycles. The quantitative estimate of drug-likeness (QED) is 0.733. The fourth-order valence-electron chi connectivity index (χ4n) is 2.76. The summed E-state index contributed by atoms with van der Waals surface area (Å²) < 4.78 is 23.8. The summed E-state index contributed by atoms with van der Waals surface area (Å²) in [5.74, 6) is 0.459. The van der Waals surface area contributed by atoms with Crippen molar-refractivity contribution >= 4 is 5.91 Å². The van der Waals surface area contributed by atoms with E-state index in [-0.39, 0.29) is 23.9 Å². The van der Waals surface area contributed by atoms with Crippen LogP contribution in [-0.2, 0) is 20.8 Å². The number of fused-ring (bicyclic) bond motifs is 1. The zero-order valence-electron chi connectivity index (χ0n) is 16.6. The standard InChI is InChI=1S/C15H16FNO3.C4H8.C2H6/c1-9-13(19-2)12-8-20-15(12)17(14(9)18)7-10-3-5-11(16)6-4-10;1-3-4-2;1-2/h3-6,12,15H,7-8H2,1-2H3;3-4H,1-2H3;1-2H3/b;4-3-;. The summed E-state index contributed by atoms with van der Waals surface area (Å²) in [6.07, 6.45) is 3.73. The van der Waals surface area contributed by atoms with E-state index in [1.165, 1.54) is 12.1 Å². The zero-order chi connectivity index (χ0) is 19.7. The number of carbonyl (C=O) groups is 1. The van der Waals surface area contributed by atoms with E-state index in [4.69, 9.17) is 9.47 Å². The second-order valence-electron chi connectivity index (χ2n) is 5.75. The van der Waals surface area contributed by atoms with Crippen LogP contribution in [-0.4, -0.2) is 30.8 Å². The van der Waals surface area contributed by atoms with E-state index in [2.05, 4.69) is 0 Å². The van der Waals surface area contributed by atoms with Crippen LogP contribution in [0.5, 0.6) is 0 Å². The van der Waals surface area contributed by atoms with Crippen LogP contribution in [0.3, 0.4) is 0 Å². The first-order valence-electron chi connectivity index (χ1n) is 9.02. The van der Waals surface area contributed by atoms with Gasteiger partial charge >= 0.3 is 0 Å². The van der Waals surface area contributed by atoms with Crippen molar-refractivity contribution in [2.75, 3.05) is 13.7 Å². The molecule has 4 nitrogen and oxygen atoms in total. The van der Waals surface area contributed by atoms with Gasteiger partial charge in [0.05, 0.1) is 25.2 Å². The molecule has 3 rings (SSSR count). The molecule has 0 radical (unpaired) electrons. The van der Waals surface area contributed by atoms with Crippen molar-refractivity contribution < 1.29 is 18.7 Å². The Bertz CT molecular complexity index is 633. The van der Waals surface area contributed by atoms with E-state index in [0.717, 1.165) is 11.3 Å². The van der Waals surface area contributed by atoms with Crippen molar-refractivity contribution in [1.29, 1.82) is 0 Å². The lowest BCUT2D eigenvalue weighted by atomic mass is 9.91. The van der Waals surface area contributed by atoms with Crippen molar-refractivity contribution in [3.05, 3.63) is 59.1 Å². The van der Waals surface area contributed by atoms with E-state index in [1.807, 2.05) is 39.8 Å². The highest BCUT2D eigenvalue weighted by molar-refractivity contribution is 5.94. The predicted molar refractivity (Wildman–Crippen MR) is 102 cm³/mol. The van der Waals surface area contributed by atoms with Gasteiger partial charge in [-0.2, -0.15) is 0 Å². The van der Waals surface area contributed by atoms with Crippen molar-refractivity contribution in [1.82, 2.24) is 4.90 Å². The lowest BCUT2D eigenvalue weighted by Crippen LogP contribution is -2.58. The minimum absolute atomic E-state index is 0.0906. The summed E-state index contributed by atoms with van der Waals surface area (Å²) >= 11 is 0. The molecule has 1 amide bonds. The predicted octanol–water partition coefficient (Wildman–Crippen LogP) is 4.67. The van der Waals surface area contributed by atoms with E-state index < -0.39 is 0 Å². The molecule has 144 valence electrons. The van der Waals surface area contributed by atoms with Gasteiger partial charge in [-0.25, -0.2) is 4.39 Å². The van der Waals surface area contributed by atoms with Gasteiger partial charge in [-0.3, -0.25) is 4.79 Å². The Hall–Kier alpha value is -2.14. The largest absolute Gasteiger partial charge is 0.500 e. The van der Waals surface area contributed by atoms with Crippen LogP contribution in [0.4, 0.5) is 4.39 Å². The topological polar surface area (TPSA) is 38.8 Å². The second-order valence-corrected chi connectivity index (χ2v) is 5.75. The molecule has 0 N–H and O–H groups in total. The summed E-state index contributed by atoms with van der Waals surface area (Å²) in [7, 11) is 1.58. The molecule has 2 aliphatic rings. The normalized spacial score (nSPS) is 21.2. The number of nitrogens with zero attached hydrogens (tertiary/aromatic N) is 1. The van der Waals surface area contributed by atoms with Gasteiger partial charge in [0.2, 0.25) is 0 Å². The summed E-state index contributed by atoms with van der Waals surface area (Å²) in [5, 5.41) is 0. The van der Waals surface area contributed by atoms with Crippen LogP contribution in [0.15, 0.2) is 47.7 Å². The molecule has 2 heterocycles. The molecule has 2 unspecified atom stereocenters. The maximum Gasteiger partial charge on any atom is 0.255 e. The van der Waals surface area contributed by atoms with E-state index in [1.54, 1.807) is 31.1 Å². The maximum absolute atomic E-state index is 12.9. The molecular formula is C21H30FNO3. The Morgan fingerprint density at radius 3 is 2.23 bits per heavy atom. The Balaban J connectivity index is 0.000000500. The van der Waals surface area contributed by atoms with Crippen LogP contribution < -0.4 is 0 Å². The van der Waals surface area contributed by atoms with Gasteiger partial charge in [0.25, 0.3) is 5.91 Å². The molecule has 0 aromatic heterocycles. The van der Waals surface area contributed by atoms with E-state index in [0.29, 0.717) is 18.7 Å². The number of allylic oxidation sites excluding steroid dienone is 2. The van der Waals surface area contributed by atoms with Gasteiger partial charge in [-0.1, -0.05) is 38.1 Å². The van der Waals surface area contributed by atoms with Gasteiger partial charge in [-0.15, -0.1) is 0 Å². The van der Waals surface area contributed by atoms with Crippen LogP contribution in [0.25, 0.3) is 0 Å².